The fourth-order valence-corrected chi connectivity index (χ4v) is 3.28. The zero-order valence-corrected chi connectivity index (χ0v) is 18.2. The maximum Gasteiger partial charge on any atom is 0.349 e. The molecule has 0 aliphatic rings. The van der Waals surface area contributed by atoms with Crippen LogP contribution in [-0.2, 0) is 6.54 Å². The van der Waals surface area contributed by atoms with Gasteiger partial charge in [-0.25, -0.2) is 9.59 Å². The van der Waals surface area contributed by atoms with E-state index in [-0.39, 0.29) is 23.4 Å². The Labute approximate surface area is 201 Å². The maximum atomic E-state index is 12.5. The van der Waals surface area contributed by atoms with Gasteiger partial charge in [0, 0.05) is 30.1 Å². The summed E-state index contributed by atoms with van der Waals surface area (Å²) in [5, 5.41) is 25.1. The highest BCUT2D eigenvalue weighted by molar-refractivity contribution is 5.97. The Hall–Kier alpha value is -5.39. The Kier molecular flexibility index (Phi) is 6.50. The van der Waals surface area contributed by atoms with Gasteiger partial charge in [0.25, 0.3) is 17.3 Å². The van der Waals surface area contributed by atoms with Gasteiger partial charge in [-0.3, -0.25) is 25.0 Å². The third kappa shape index (κ3) is 5.22. The molecular formula is C24H15N3O9. The van der Waals surface area contributed by atoms with Crippen LogP contribution in [0.4, 0.5) is 11.4 Å². The first-order valence-corrected chi connectivity index (χ1v) is 10.3. The maximum absolute atomic E-state index is 12.5. The van der Waals surface area contributed by atoms with Crippen LogP contribution in [0.2, 0.25) is 0 Å². The van der Waals surface area contributed by atoms with Crippen molar-refractivity contribution in [2.75, 3.05) is 0 Å². The molecule has 12 nitrogen and oxygen atoms in total. The van der Waals surface area contributed by atoms with E-state index in [1.165, 1.54) is 24.3 Å². The Morgan fingerprint density at radius 1 is 0.889 bits per heavy atom. The summed E-state index contributed by atoms with van der Waals surface area (Å²) in [6, 6.07) is 16.8. The molecule has 0 unspecified atom stereocenters. The van der Waals surface area contributed by atoms with E-state index in [0.717, 1.165) is 23.8 Å². The Bertz CT molecular complexity index is 1550. The summed E-state index contributed by atoms with van der Waals surface area (Å²) in [6.45, 7) is 0.210. The average molecular weight is 489 g/mol. The van der Waals surface area contributed by atoms with E-state index in [9.17, 15) is 34.6 Å². The van der Waals surface area contributed by atoms with Gasteiger partial charge in [0.2, 0.25) is 0 Å². The van der Waals surface area contributed by atoms with Gasteiger partial charge < -0.3 is 14.5 Å². The lowest BCUT2D eigenvalue weighted by molar-refractivity contribution is -0.394. The average Bonchev–Trinajstić information content (AvgIpc) is 2.87. The van der Waals surface area contributed by atoms with Crippen LogP contribution >= 0.6 is 0 Å². The number of amides is 1. The molecule has 0 atom stereocenters. The summed E-state index contributed by atoms with van der Waals surface area (Å²) >= 11 is 0. The molecule has 0 saturated heterocycles. The van der Waals surface area contributed by atoms with Crippen molar-refractivity contribution in [3.05, 3.63) is 120 Å². The highest BCUT2D eigenvalue weighted by Crippen LogP contribution is 2.25. The number of nitro benzene ring substituents is 2. The number of benzene rings is 3. The lowest BCUT2D eigenvalue weighted by atomic mass is 10.1. The molecule has 36 heavy (non-hydrogen) atoms. The molecule has 0 saturated carbocycles. The summed E-state index contributed by atoms with van der Waals surface area (Å²) in [5.41, 5.74) is -2.00. The van der Waals surface area contributed by atoms with Gasteiger partial charge in [-0.15, -0.1) is 0 Å². The summed E-state index contributed by atoms with van der Waals surface area (Å²) in [4.78, 5) is 57.7. The van der Waals surface area contributed by atoms with Gasteiger partial charge in [0.15, 0.2) is 0 Å². The summed E-state index contributed by atoms with van der Waals surface area (Å²) in [7, 11) is 0. The topological polar surface area (TPSA) is 172 Å². The third-order valence-corrected chi connectivity index (χ3v) is 5.02. The number of fused-ring (bicyclic) bond motifs is 1. The van der Waals surface area contributed by atoms with Crippen LogP contribution in [-0.4, -0.2) is 21.7 Å². The van der Waals surface area contributed by atoms with E-state index in [1.54, 1.807) is 0 Å². The van der Waals surface area contributed by atoms with Gasteiger partial charge in [-0.05, 0) is 23.8 Å². The fraction of sp³-hybridized carbons (Fsp3) is 0.0417. The zero-order chi connectivity index (χ0) is 25.8. The SMILES string of the molecule is O=C(Oc1ccc2cc(C(=O)NCc3ccccc3)c(=O)oc2c1)c1cc([N+](=O)[O-])cc([N+](=O)[O-])c1. The number of non-ortho nitro benzene ring substituents is 2. The highest BCUT2D eigenvalue weighted by Gasteiger charge is 2.21. The first kappa shape index (κ1) is 23.8. The van der Waals surface area contributed by atoms with E-state index in [4.69, 9.17) is 9.15 Å². The minimum Gasteiger partial charge on any atom is -0.423 e. The predicted molar refractivity (Wildman–Crippen MR) is 125 cm³/mol. The fourth-order valence-electron chi connectivity index (χ4n) is 3.28. The molecule has 0 radical (unpaired) electrons. The number of nitrogens with zero attached hydrogens (tertiary/aromatic N) is 2. The van der Waals surface area contributed by atoms with Crippen LogP contribution in [0.1, 0.15) is 26.3 Å². The third-order valence-electron chi connectivity index (χ3n) is 5.02. The molecule has 1 N–H and O–H groups in total. The Morgan fingerprint density at radius 2 is 1.56 bits per heavy atom. The summed E-state index contributed by atoms with van der Waals surface area (Å²) in [6.07, 6.45) is 0. The van der Waals surface area contributed by atoms with Crippen molar-refractivity contribution < 1.29 is 28.6 Å². The number of ether oxygens (including phenoxy) is 1. The van der Waals surface area contributed by atoms with Crippen LogP contribution in [0, 0.1) is 20.2 Å². The lowest BCUT2D eigenvalue weighted by Gasteiger charge is -2.07. The van der Waals surface area contributed by atoms with Crippen LogP contribution in [0.25, 0.3) is 11.0 Å². The van der Waals surface area contributed by atoms with Crippen molar-refractivity contribution in [3.8, 4) is 5.75 Å². The van der Waals surface area contributed by atoms with Crippen molar-refractivity contribution >= 4 is 34.2 Å². The van der Waals surface area contributed by atoms with E-state index in [2.05, 4.69) is 5.32 Å². The van der Waals surface area contributed by atoms with Gasteiger partial charge in [0.1, 0.15) is 16.9 Å². The number of carbonyl (C=O) groups excluding carboxylic acids is 2. The van der Waals surface area contributed by atoms with Crippen LogP contribution in [0.15, 0.2) is 82.0 Å². The molecule has 1 amide bonds. The lowest BCUT2D eigenvalue weighted by Crippen LogP contribution is -2.27. The molecule has 1 aromatic heterocycles. The highest BCUT2D eigenvalue weighted by atomic mass is 16.6. The van der Waals surface area contributed by atoms with Crippen LogP contribution < -0.4 is 15.7 Å². The predicted octanol–water partition coefficient (Wildman–Crippen LogP) is 3.76. The summed E-state index contributed by atoms with van der Waals surface area (Å²) < 4.78 is 10.4. The second-order valence-electron chi connectivity index (χ2n) is 7.46. The number of rotatable bonds is 7. The molecular weight excluding hydrogens is 474 g/mol. The number of esters is 1. The van der Waals surface area contributed by atoms with Crippen LogP contribution in [0.5, 0.6) is 5.75 Å². The van der Waals surface area contributed by atoms with Gasteiger partial charge in [-0.1, -0.05) is 30.3 Å². The molecule has 0 spiro atoms. The standard InChI is InChI=1S/C24H15N3O9/c28-22(25-13-14-4-2-1-3-5-14)20-10-15-6-7-19(12-21(15)36-24(20)30)35-23(29)16-8-17(26(31)32)11-18(9-16)27(33)34/h1-12H,13H2,(H,25,28). The Morgan fingerprint density at radius 3 is 2.19 bits per heavy atom. The largest absolute Gasteiger partial charge is 0.423 e. The molecule has 3 aromatic carbocycles. The Balaban J connectivity index is 1.55. The molecule has 0 aliphatic carbocycles. The number of hydrogen-bond donors (Lipinski definition) is 1. The quantitative estimate of drug-likeness (QED) is 0.133. The molecule has 0 aliphatic heterocycles. The molecule has 4 aromatic rings. The van der Waals surface area contributed by atoms with E-state index < -0.39 is 44.3 Å². The number of nitro groups is 2. The monoisotopic (exact) mass is 489 g/mol. The van der Waals surface area contributed by atoms with E-state index in [0.29, 0.717) is 5.39 Å². The molecule has 0 bridgehead atoms. The van der Waals surface area contributed by atoms with Gasteiger partial charge >= 0.3 is 11.6 Å². The first-order chi connectivity index (χ1) is 17.2. The first-order valence-electron chi connectivity index (χ1n) is 10.3. The summed E-state index contributed by atoms with van der Waals surface area (Å²) in [5.74, 6) is -1.82. The minimum absolute atomic E-state index is 0.00920. The van der Waals surface area contributed by atoms with Crippen molar-refractivity contribution in [2.24, 2.45) is 0 Å². The molecule has 1 heterocycles. The smallest absolute Gasteiger partial charge is 0.349 e. The van der Waals surface area contributed by atoms with E-state index >= 15 is 0 Å². The minimum atomic E-state index is -1.10. The number of hydrogen-bond acceptors (Lipinski definition) is 9. The number of carbonyl (C=O) groups is 2. The molecule has 0 fully saturated rings. The molecule has 180 valence electrons. The van der Waals surface area contributed by atoms with Crippen molar-refractivity contribution in [3.63, 3.8) is 0 Å². The number of nitrogens with one attached hydrogen (secondary N) is 1. The normalized spacial score (nSPS) is 10.6. The van der Waals surface area contributed by atoms with Crippen LogP contribution in [0.3, 0.4) is 0 Å². The van der Waals surface area contributed by atoms with Crippen molar-refractivity contribution in [1.82, 2.24) is 5.32 Å². The van der Waals surface area contributed by atoms with Crippen molar-refractivity contribution in [2.45, 2.75) is 6.54 Å². The van der Waals surface area contributed by atoms with Crippen molar-refractivity contribution in [1.29, 1.82) is 0 Å². The zero-order valence-electron chi connectivity index (χ0n) is 18.2. The molecule has 12 heteroatoms. The second-order valence-corrected chi connectivity index (χ2v) is 7.46. The van der Waals surface area contributed by atoms with Gasteiger partial charge in [0.05, 0.1) is 21.5 Å². The van der Waals surface area contributed by atoms with Gasteiger partial charge in [-0.2, -0.15) is 0 Å². The van der Waals surface area contributed by atoms with E-state index in [1.807, 2.05) is 30.3 Å². The second kappa shape index (κ2) is 9.85. The molecule has 4 rings (SSSR count).